The third-order valence-electron chi connectivity index (χ3n) is 1.88. The van der Waals surface area contributed by atoms with E-state index in [0.717, 1.165) is 18.0 Å². The third-order valence-corrected chi connectivity index (χ3v) is 1.88. The van der Waals surface area contributed by atoms with E-state index in [4.69, 9.17) is 15.9 Å². The topological polar surface area (TPSA) is 71.1 Å². The Bertz CT molecular complexity index is 336. The van der Waals surface area contributed by atoms with Crippen LogP contribution in [0.5, 0.6) is 5.75 Å². The van der Waals surface area contributed by atoms with Gasteiger partial charge in [0.15, 0.2) is 0 Å². The molecule has 0 aliphatic rings. The molecule has 0 bridgehead atoms. The van der Waals surface area contributed by atoms with E-state index in [1.807, 2.05) is 13.0 Å². The van der Waals surface area contributed by atoms with Crippen LogP contribution in [-0.2, 0) is 0 Å². The molecule has 0 saturated carbocycles. The number of nitrogen functional groups attached to an aromatic ring is 1. The fraction of sp³-hybridized carbons (Fsp3) is 0.300. The van der Waals surface area contributed by atoms with Crippen molar-refractivity contribution in [1.82, 2.24) is 0 Å². The van der Waals surface area contributed by atoms with E-state index in [9.17, 15) is 0 Å². The number of methoxy groups -OCH3 is 1. The zero-order chi connectivity index (χ0) is 10.6. The van der Waals surface area contributed by atoms with E-state index in [1.54, 1.807) is 19.2 Å². The Morgan fingerprint density at radius 2 is 2.29 bits per heavy atom. The van der Waals surface area contributed by atoms with Crippen molar-refractivity contribution in [3.8, 4) is 5.75 Å². The highest BCUT2D eigenvalue weighted by Crippen LogP contribution is 2.21. The maximum atomic E-state index is 7.38. The maximum Gasteiger partial charge on any atom is 0.124 e. The summed E-state index contributed by atoms with van der Waals surface area (Å²) in [5, 5.41) is 10.5. The molecule has 4 N–H and O–H groups in total. The summed E-state index contributed by atoms with van der Waals surface area (Å²) in [4.78, 5) is 0. The van der Waals surface area contributed by atoms with Crippen molar-refractivity contribution in [1.29, 1.82) is 5.41 Å². The van der Waals surface area contributed by atoms with Gasteiger partial charge in [-0.05, 0) is 19.1 Å². The SMILES string of the molecule is CCNc1cc(OC)ccc1C(=N)N. The van der Waals surface area contributed by atoms with Crippen LogP contribution < -0.4 is 15.8 Å². The van der Waals surface area contributed by atoms with Crippen LogP contribution in [0.2, 0.25) is 0 Å². The molecule has 0 saturated heterocycles. The van der Waals surface area contributed by atoms with Gasteiger partial charge in [0.05, 0.1) is 7.11 Å². The number of amidine groups is 1. The first-order valence-electron chi connectivity index (χ1n) is 4.45. The number of nitrogens with one attached hydrogen (secondary N) is 2. The van der Waals surface area contributed by atoms with E-state index >= 15 is 0 Å². The molecule has 0 radical (unpaired) electrons. The van der Waals surface area contributed by atoms with Gasteiger partial charge < -0.3 is 15.8 Å². The number of benzene rings is 1. The summed E-state index contributed by atoms with van der Waals surface area (Å²) in [6.45, 7) is 2.77. The normalized spacial score (nSPS) is 9.57. The summed E-state index contributed by atoms with van der Waals surface area (Å²) in [5.74, 6) is 0.814. The molecule has 0 unspecified atom stereocenters. The lowest BCUT2D eigenvalue weighted by atomic mass is 10.1. The summed E-state index contributed by atoms with van der Waals surface area (Å²) in [6, 6.07) is 5.40. The van der Waals surface area contributed by atoms with Crippen LogP contribution in [0.1, 0.15) is 12.5 Å². The van der Waals surface area contributed by atoms with Crippen molar-refractivity contribution in [3.63, 3.8) is 0 Å². The van der Waals surface area contributed by atoms with E-state index in [-0.39, 0.29) is 5.84 Å². The largest absolute Gasteiger partial charge is 0.497 e. The summed E-state index contributed by atoms with van der Waals surface area (Å²) in [6.07, 6.45) is 0. The van der Waals surface area contributed by atoms with Crippen LogP contribution >= 0.6 is 0 Å². The van der Waals surface area contributed by atoms with E-state index in [1.165, 1.54) is 0 Å². The number of nitrogens with two attached hydrogens (primary N) is 1. The predicted octanol–water partition coefficient (Wildman–Crippen LogP) is 1.41. The molecule has 0 spiro atoms. The molecule has 0 aliphatic carbocycles. The van der Waals surface area contributed by atoms with Crippen LogP contribution in [0.4, 0.5) is 5.69 Å². The minimum Gasteiger partial charge on any atom is -0.497 e. The highest BCUT2D eigenvalue weighted by molar-refractivity contribution is 6.00. The molecule has 14 heavy (non-hydrogen) atoms. The van der Waals surface area contributed by atoms with Gasteiger partial charge in [0.1, 0.15) is 11.6 Å². The van der Waals surface area contributed by atoms with Crippen LogP contribution in [0.15, 0.2) is 18.2 Å². The van der Waals surface area contributed by atoms with Gasteiger partial charge in [0.25, 0.3) is 0 Å². The zero-order valence-electron chi connectivity index (χ0n) is 8.42. The fourth-order valence-electron chi connectivity index (χ4n) is 1.22. The van der Waals surface area contributed by atoms with Crippen LogP contribution in [0.3, 0.4) is 0 Å². The third kappa shape index (κ3) is 2.16. The Kier molecular flexibility index (Phi) is 3.34. The second-order valence-corrected chi connectivity index (χ2v) is 2.86. The lowest BCUT2D eigenvalue weighted by Gasteiger charge is -2.10. The number of anilines is 1. The first kappa shape index (κ1) is 10.4. The molecule has 0 aliphatic heterocycles. The first-order valence-corrected chi connectivity index (χ1v) is 4.45. The summed E-state index contributed by atoms with van der Waals surface area (Å²) < 4.78 is 5.08. The summed E-state index contributed by atoms with van der Waals surface area (Å²) in [5.41, 5.74) is 6.97. The molecular formula is C10H15N3O. The molecule has 1 rings (SSSR count). The molecule has 4 nitrogen and oxygen atoms in total. The second kappa shape index (κ2) is 4.50. The van der Waals surface area contributed by atoms with Crippen molar-refractivity contribution in [3.05, 3.63) is 23.8 Å². The van der Waals surface area contributed by atoms with E-state index in [2.05, 4.69) is 5.32 Å². The molecule has 0 heterocycles. The predicted molar refractivity (Wildman–Crippen MR) is 58.2 cm³/mol. The van der Waals surface area contributed by atoms with Gasteiger partial charge in [0.2, 0.25) is 0 Å². The van der Waals surface area contributed by atoms with Crippen molar-refractivity contribution < 1.29 is 4.74 Å². The van der Waals surface area contributed by atoms with Crippen LogP contribution in [-0.4, -0.2) is 19.5 Å². The lowest BCUT2D eigenvalue weighted by Crippen LogP contribution is -2.14. The molecule has 0 aromatic heterocycles. The van der Waals surface area contributed by atoms with Gasteiger partial charge in [-0.1, -0.05) is 0 Å². The minimum absolute atomic E-state index is 0.0589. The molecule has 1 aromatic carbocycles. The van der Waals surface area contributed by atoms with Gasteiger partial charge in [-0.2, -0.15) is 0 Å². The second-order valence-electron chi connectivity index (χ2n) is 2.86. The van der Waals surface area contributed by atoms with Gasteiger partial charge in [-0.25, -0.2) is 0 Å². The van der Waals surface area contributed by atoms with Crippen molar-refractivity contribution in [2.75, 3.05) is 19.0 Å². The number of rotatable bonds is 4. The Labute approximate surface area is 83.6 Å². The molecule has 1 aromatic rings. The first-order chi connectivity index (χ1) is 6.69. The smallest absolute Gasteiger partial charge is 0.124 e. The average Bonchev–Trinajstić information content (AvgIpc) is 2.17. The Morgan fingerprint density at radius 3 is 2.79 bits per heavy atom. The zero-order valence-corrected chi connectivity index (χ0v) is 8.42. The van der Waals surface area contributed by atoms with Crippen molar-refractivity contribution >= 4 is 11.5 Å². The average molecular weight is 193 g/mol. The highest BCUT2D eigenvalue weighted by Gasteiger charge is 2.05. The van der Waals surface area contributed by atoms with E-state index < -0.39 is 0 Å². The van der Waals surface area contributed by atoms with Crippen molar-refractivity contribution in [2.45, 2.75) is 6.92 Å². The van der Waals surface area contributed by atoms with E-state index in [0.29, 0.717) is 5.56 Å². The highest BCUT2D eigenvalue weighted by atomic mass is 16.5. The quantitative estimate of drug-likeness (QED) is 0.500. The van der Waals surface area contributed by atoms with Gasteiger partial charge in [-0.15, -0.1) is 0 Å². The van der Waals surface area contributed by atoms with Crippen molar-refractivity contribution in [2.24, 2.45) is 5.73 Å². The monoisotopic (exact) mass is 193 g/mol. The molecule has 4 heteroatoms. The summed E-state index contributed by atoms with van der Waals surface area (Å²) >= 11 is 0. The fourth-order valence-corrected chi connectivity index (χ4v) is 1.22. The molecule has 0 amide bonds. The maximum absolute atomic E-state index is 7.38. The number of ether oxygens (including phenoxy) is 1. The van der Waals surface area contributed by atoms with Crippen LogP contribution in [0.25, 0.3) is 0 Å². The number of hydrogen-bond donors (Lipinski definition) is 3. The Balaban J connectivity index is 3.10. The molecule has 0 fully saturated rings. The number of hydrogen-bond acceptors (Lipinski definition) is 3. The van der Waals surface area contributed by atoms with Gasteiger partial charge in [0, 0.05) is 23.9 Å². The molecule has 0 atom stereocenters. The van der Waals surface area contributed by atoms with Crippen LogP contribution in [0, 0.1) is 5.41 Å². The minimum atomic E-state index is 0.0589. The summed E-state index contributed by atoms with van der Waals surface area (Å²) in [7, 11) is 1.61. The standard InChI is InChI=1S/C10H15N3O/c1-3-13-9-6-7(14-2)4-5-8(9)10(11)12/h4-6,13H,3H2,1-2H3,(H3,11,12). The molecule has 76 valence electrons. The van der Waals surface area contributed by atoms with Gasteiger partial charge >= 0.3 is 0 Å². The Morgan fingerprint density at radius 1 is 1.57 bits per heavy atom. The Hall–Kier alpha value is -1.71. The lowest BCUT2D eigenvalue weighted by molar-refractivity contribution is 0.415. The van der Waals surface area contributed by atoms with Gasteiger partial charge in [-0.3, -0.25) is 5.41 Å². The molecular weight excluding hydrogens is 178 g/mol.